The van der Waals surface area contributed by atoms with Gasteiger partial charge in [-0.3, -0.25) is 14.5 Å². The summed E-state index contributed by atoms with van der Waals surface area (Å²) >= 11 is 0. The summed E-state index contributed by atoms with van der Waals surface area (Å²) < 4.78 is 59.5. The standard InChI is InChI=1S/C35H37F2N3O7S/c1-22(2)40-30(18-17-28(41)19-29(42)20-31(43)47-3)32(23-9-13-25(36)14-10-23)33(24-11-15-26(37)16-12-24)34(40)35(44)39(21-48(38,45)46)27-7-5-4-6-8-27/h4-18,22,28-29,41-42H,19-21H2,1-3H3,(H2,38,45,46). The first-order chi connectivity index (χ1) is 22.7. The quantitative estimate of drug-likeness (QED) is 0.163. The number of aliphatic hydroxyl groups is 2. The molecule has 1 heterocycles. The molecule has 0 fully saturated rings. The zero-order valence-electron chi connectivity index (χ0n) is 26.6. The molecule has 254 valence electrons. The van der Waals surface area contributed by atoms with Crippen molar-refractivity contribution < 1.29 is 41.7 Å². The summed E-state index contributed by atoms with van der Waals surface area (Å²) in [5.74, 6) is -3.32. The van der Waals surface area contributed by atoms with Crippen LogP contribution in [-0.2, 0) is 19.6 Å². The van der Waals surface area contributed by atoms with Crippen LogP contribution < -0.4 is 10.0 Å². The Kier molecular flexibility index (Phi) is 11.7. The van der Waals surface area contributed by atoms with Gasteiger partial charge in [0, 0.05) is 35.0 Å². The number of hydrogen-bond acceptors (Lipinski definition) is 7. The van der Waals surface area contributed by atoms with Crippen molar-refractivity contribution in [3.05, 3.63) is 108 Å². The monoisotopic (exact) mass is 681 g/mol. The second kappa shape index (κ2) is 15.5. The lowest BCUT2D eigenvalue weighted by atomic mass is 9.94. The minimum absolute atomic E-state index is 0.0169. The molecular formula is C35H37F2N3O7S. The Hall–Kier alpha value is -4.69. The van der Waals surface area contributed by atoms with Gasteiger partial charge in [0.1, 0.15) is 23.2 Å². The summed E-state index contributed by atoms with van der Waals surface area (Å²) in [4.78, 5) is 27.4. The third-order valence-corrected chi connectivity index (χ3v) is 8.09. The molecular weight excluding hydrogens is 644 g/mol. The SMILES string of the molecule is COC(=O)CC(O)CC(O)C=Cc1c(-c2ccc(F)cc2)c(-c2ccc(F)cc2)c(C(=O)N(CS(N)(=O)=O)c2ccccc2)n1C(C)C. The minimum atomic E-state index is -4.24. The number of benzene rings is 3. The van der Waals surface area contributed by atoms with Gasteiger partial charge in [-0.2, -0.15) is 0 Å². The first kappa shape index (κ1) is 36.2. The predicted octanol–water partition coefficient (Wildman–Crippen LogP) is 5.26. The molecule has 4 aromatic rings. The zero-order chi connectivity index (χ0) is 35.2. The number of methoxy groups -OCH3 is 1. The first-order valence-electron chi connectivity index (χ1n) is 15.0. The molecule has 0 radical (unpaired) electrons. The van der Waals surface area contributed by atoms with E-state index in [1.165, 1.54) is 67.8 Å². The molecule has 48 heavy (non-hydrogen) atoms. The van der Waals surface area contributed by atoms with Crippen LogP contribution in [0.15, 0.2) is 84.9 Å². The van der Waals surface area contributed by atoms with Crippen molar-refractivity contribution in [2.75, 3.05) is 17.9 Å². The number of aromatic nitrogens is 1. The van der Waals surface area contributed by atoms with Crippen LogP contribution in [0.4, 0.5) is 14.5 Å². The fourth-order valence-electron chi connectivity index (χ4n) is 5.41. The zero-order valence-corrected chi connectivity index (χ0v) is 27.4. The smallest absolute Gasteiger partial charge is 0.308 e. The Balaban J connectivity index is 2.05. The fraction of sp³-hybridized carbons (Fsp3) is 0.257. The molecule has 4 rings (SSSR count). The number of rotatable bonds is 13. The number of amides is 1. The van der Waals surface area contributed by atoms with Crippen LogP contribution in [0.5, 0.6) is 0 Å². The van der Waals surface area contributed by atoms with Crippen molar-refractivity contribution in [3.63, 3.8) is 0 Å². The highest BCUT2D eigenvalue weighted by atomic mass is 32.2. The molecule has 2 atom stereocenters. The topological polar surface area (TPSA) is 152 Å². The lowest BCUT2D eigenvalue weighted by Crippen LogP contribution is -2.39. The van der Waals surface area contributed by atoms with E-state index in [9.17, 15) is 37.0 Å². The van der Waals surface area contributed by atoms with E-state index in [2.05, 4.69) is 4.74 Å². The Labute approximate surface area is 277 Å². The third kappa shape index (κ3) is 8.81. The number of carbonyl (C=O) groups is 2. The van der Waals surface area contributed by atoms with Crippen LogP contribution in [0.25, 0.3) is 28.3 Å². The van der Waals surface area contributed by atoms with E-state index in [4.69, 9.17) is 5.14 Å². The Morgan fingerprint density at radius 1 is 0.917 bits per heavy atom. The second-order valence-corrected chi connectivity index (χ2v) is 13.0. The van der Waals surface area contributed by atoms with Crippen molar-refractivity contribution in [2.24, 2.45) is 5.14 Å². The van der Waals surface area contributed by atoms with Gasteiger partial charge in [-0.1, -0.05) is 48.5 Å². The first-order valence-corrected chi connectivity index (χ1v) is 16.7. The van der Waals surface area contributed by atoms with Gasteiger partial charge >= 0.3 is 5.97 Å². The van der Waals surface area contributed by atoms with Crippen molar-refractivity contribution in [1.29, 1.82) is 0 Å². The van der Waals surface area contributed by atoms with Crippen LogP contribution in [0.1, 0.15) is 48.9 Å². The van der Waals surface area contributed by atoms with Gasteiger partial charge in [0.05, 0.1) is 25.7 Å². The van der Waals surface area contributed by atoms with E-state index in [1.807, 2.05) is 0 Å². The summed E-state index contributed by atoms with van der Waals surface area (Å²) in [6, 6.07) is 18.5. The van der Waals surface area contributed by atoms with Crippen molar-refractivity contribution in [1.82, 2.24) is 4.57 Å². The molecule has 3 aromatic carbocycles. The fourth-order valence-corrected chi connectivity index (χ4v) is 6.04. The number of para-hydroxylation sites is 1. The number of esters is 1. The molecule has 1 aromatic heterocycles. The summed E-state index contributed by atoms with van der Waals surface area (Å²) in [6.45, 7) is 3.58. The van der Waals surface area contributed by atoms with Gasteiger partial charge in [-0.15, -0.1) is 0 Å². The van der Waals surface area contributed by atoms with Crippen LogP contribution in [0.3, 0.4) is 0 Å². The maximum absolute atomic E-state index is 14.8. The Morgan fingerprint density at radius 3 is 1.96 bits per heavy atom. The van der Waals surface area contributed by atoms with E-state index in [1.54, 1.807) is 48.7 Å². The number of aliphatic hydroxyl groups excluding tert-OH is 2. The highest BCUT2D eigenvalue weighted by Crippen LogP contribution is 2.43. The van der Waals surface area contributed by atoms with Crippen LogP contribution in [0, 0.1) is 11.6 Å². The number of anilines is 1. The molecule has 4 N–H and O–H groups in total. The lowest BCUT2D eigenvalue weighted by molar-refractivity contribution is -0.143. The van der Waals surface area contributed by atoms with E-state index in [0.29, 0.717) is 22.4 Å². The average molecular weight is 682 g/mol. The molecule has 0 aliphatic rings. The predicted molar refractivity (Wildman–Crippen MR) is 179 cm³/mol. The van der Waals surface area contributed by atoms with Crippen LogP contribution >= 0.6 is 0 Å². The van der Waals surface area contributed by atoms with Crippen LogP contribution in [-0.4, -0.2) is 60.3 Å². The Morgan fingerprint density at radius 2 is 1.46 bits per heavy atom. The number of halogens is 2. The van der Waals surface area contributed by atoms with Crippen molar-refractivity contribution in [3.8, 4) is 22.3 Å². The lowest BCUT2D eigenvalue weighted by Gasteiger charge is -2.25. The maximum atomic E-state index is 14.8. The Bertz CT molecular complexity index is 1880. The number of primary sulfonamides is 1. The maximum Gasteiger partial charge on any atom is 0.308 e. The highest BCUT2D eigenvalue weighted by Gasteiger charge is 2.33. The summed E-state index contributed by atoms with van der Waals surface area (Å²) in [5.41, 5.74) is 2.17. The summed E-state index contributed by atoms with van der Waals surface area (Å²) in [5, 5.41) is 26.6. The molecule has 10 nitrogen and oxygen atoms in total. The van der Waals surface area contributed by atoms with E-state index >= 15 is 0 Å². The normalized spacial score (nSPS) is 13.1. The van der Waals surface area contributed by atoms with Gasteiger partial charge in [0.2, 0.25) is 10.0 Å². The number of ether oxygens (including phenoxy) is 1. The third-order valence-electron chi connectivity index (χ3n) is 7.47. The van der Waals surface area contributed by atoms with Gasteiger partial charge in [0.15, 0.2) is 0 Å². The molecule has 1 amide bonds. The molecule has 0 saturated carbocycles. The van der Waals surface area contributed by atoms with Gasteiger partial charge < -0.3 is 19.5 Å². The van der Waals surface area contributed by atoms with Crippen LogP contribution in [0.2, 0.25) is 0 Å². The number of nitrogens with zero attached hydrogens (tertiary/aromatic N) is 2. The highest BCUT2D eigenvalue weighted by molar-refractivity contribution is 7.89. The van der Waals surface area contributed by atoms with Gasteiger partial charge in [-0.05, 0) is 67.4 Å². The van der Waals surface area contributed by atoms with Gasteiger partial charge in [-0.25, -0.2) is 22.3 Å². The van der Waals surface area contributed by atoms with Crippen molar-refractivity contribution in [2.45, 2.75) is 44.9 Å². The molecule has 0 saturated heterocycles. The average Bonchev–Trinajstić information content (AvgIpc) is 3.38. The van der Waals surface area contributed by atoms with E-state index in [-0.39, 0.29) is 29.8 Å². The second-order valence-electron chi connectivity index (χ2n) is 11.4. The number of hydrogen-bond donors (Lipinski definition) is 3. The molecule has 0 aliphatic carbocycles. The molecule has 2 unspecified atom stereocenters. The molecule has 0 bridgehead atoms. The minimum Gasteiger partial charge on any atom is -0.469 e. The van der Waals surface area contributed by atoms with Gasteiger partial charge in [0.25, 0.3) is 5.91 Å². The molecule has 0 aliphatic heterocycles. The van der Waals surface area contributed by atoms with E-state index in [0.717, 1.165) is 4.90 Å². The van der Waals surface area contributed by atoms with Crippen molar-refractivity contribution >= 4 is 33.7 Å². The summed E-state index contributed by atoms with van der Waals surface area (Å²) in [6.07, 6.45) is -0.105. The largest absolute Gasteiger partial charge is 0.469 e. The molecule has 0 spiro atoms. The number of nitrogens with two attached hydrogens (primary N) is 1. The number of carbonyl (C=O) groups excluding carboxylic acids is 2. The van der Waals surface area contributed by atoms with E-state index < -0.39 is 57.7 Å². The summed E-state index contributed by atoms with van der Waals surface area (Å²) in [7, 11) is -3.06. The molecule has 13 heteroatoms. The number of sulfonamides is 1.